The molecule has 1 heterocycles. The van der Waals surface area contributed by atoms with Crippen LogP contribution in [-0.4, -0.2) is 19.9 Å². The molecule has 0 fully saturated rings. The Balaban J connectivity index is 2.46. The number of methoxy groups -OCH3 is 1. The first-order valence-corrected chi connectivity index (χ1v) is 5.13. The summed E-state index contributed by atoms with van der Waals surface area (Å²) in [5.41, 5.74) is 3.52. The Morgan fingerprint density at radius 1 is 1.60 bits per heavy atom. The van der Waals surface area contributed by atoms with Crippen molar-refractivity contribution >= 4 is 12.0 Å². The molecular formula is C12H15NO2. The van der Waals surface area contributed by atoms with Crippen molar-refractivity contribution in [2.24, 2.45) is 0 Å². The second-order valence-electron chi connectivity index (χ2n) is 3.85. The van der Waals surface area contributed by atoms with E-state index < -0.39 is 0 Å². The minimum atomic E-state index is 0.299. The SMILES string of the molecule is COc1ccc(C)c2c1NCC2CC=O. The second kappa shape index (κ2) is 3.93. The molecule has 1 unspecified atom stereocenters. The zero-order valence-corrected chi connectivity index (χ0v) is 9.04. The molecule has 1 aliphatic heterocycles. The Bertz CT molecular complexity index is 387. The normalized spacial score (nSPS) is 18.1. The molecule has 2 rings (SSSR count). The molecule has 3 nitrogen and oxygen atoms in total. The van der Waals surface area contributed by atoms with Gasteiger partial charge in [-0.15, -0.1) is 0 Å². The number of aryl methyl sites for hydroxylation is 1. The highest BCUT2D eigenvalue weighted by Crippen LogP contribution is 2.41. The summed E-state index contributed by atoms with van der Waals surface area (Å²) in [4.78, 5) is 10.6. The van der Waals surface area contributed by atoms with Gasteiger partial charge in [0.1, 0.15) is 12.0 Å². The van der Waals surface area contributed by atoms with Crippen molar-refractivity contribution in [3.8, 4) is 5.75 Å². The van der Waals surface area contributed by atoms with Gasteiger partial charge in [0.05, 0.1) is 12.8 Å². The third-order valence-electron chi connectivity index (χ3n) is 2.96. The number of ether oxygens (including phenoxy) is 1. The van der Waals surface area contributed by atoms with Crippen LogP contribution < -0.4 is 10.1 Å². The lowest BCUT2D eigenvalue weighted by Gasteiger charge is -2.11. The first kappa shape index (κ1) is 10.0. The minimum absolute atomic E-state index is 0.299. The van der Waals surface area contributed by atoms with Gasteiger partial charge in [0.2, 0.25) is 0 Å². The molecule has 1 atom stereocenters. The van der Waals surface area contributed by atoms with Crippen LogP contribution >= 0.6 is 0 Å². The Morgan fingerprint density at radius 3 is 3.07 bits per heavy atom. The van der Waals surface area contributed by atoms with Gasteiger partial charge in [-0.2, -0.15) is 0 Å². The molecule has 3 heteroatoms. The van der Waals surface area contributed by atoms with Gasteiger partial charge in [-0.3, -0.25) is 0 Å². The topological polar surface area (TPSA) is 38.3 Å². The van der Waals surface area contributed by atoms with E-state index in [1.54, 1.807) is 7.11 Å². The Morgan fingerprint density at radius 2 is 2.40 bits per heavy atom. The summed E-state index contributed by atoms with van der Waals surface area (Å²) >= 11 is 0. The predicted molar refractivity (Wildman–Crippen MR) is 59.6 cm³/mol. The Hall–Kier alpha value is -1.51. The average molecular weight is 205 g/mol. The highest BCUT2D eigenvalue weighted by atomic mass is 16.5. The predicted octanol–water partition coefficient (Wildman–Crippen LogP) is 2.10. The number of nitrogens with one attached hydrogen (secondary N) is 1. The quantitative estimate of drug-likeness (QED) is 0.768. The number of aldehydes is 1. The Labute approximate surface area is 89.4 Å². The van der Waals surface area contributed by atoms with Crippen LogP contribution in [0, 0.1) is 6.92 Å². The number of rotatable bonds is 3. The highest BCUT2D eigenvalue weighted by Gasteiger charge is 2.26. The van der Waals surface area contributed by atoms with Crippen molar-refractivity contribution in [2.45, 2.75) is 19.3 Å². The summed E-state index contributed by atoms with van der Waals surface area (Å²) in [6.45, 7) is 2.90. The molecule has 80 valence electrons. The number of carbonyl (C=O) groups is 1. The van der Waals surface area contributed by atoms with E-state index >= 15 is 0 Å². The smallest absolute Gasteiger partial charge is 0.142 e. The number of hydrogen-bond acceptors (Lipinski definition) is 3. The standard InChI is InChI=1S/C12H15NO2/c1-8-3-4-10(15-2)12-11(8)9(5-6-14)7-13-12/h3-4,6,9,13H,5,7H2,1-2H3. The minimum Gasteiger partial charge on any atom is -0.495 e. The van der Waals surface area contributed by atoms with E-state index in [1.807, 2.05) is 12.1 Å². The van der Waals surface area contributed by atoms with Crippen molar-refractivity contribution in [2.75, 3.05) is 19.0 Å². The fourth-order valence-corrected chi connectivity index (χ4v) is 2.23. The molecule has 0 radical (unpaired) electrons. The summed E-state index contributed by atoms with van der Waals surface area (Å²) in [7, 11) is 1.67. The molecule has 0 saturated heterocycles. The van der Waals surface area contributed by atoms with Crippen molar-refractivity contribution in [1.82, 2.24) is 0 Å². The van der Waals surface area contributed by atoms with Crippen LogP contribution in [-0.2, 0) is 4.79 Å². The molecular weight excluding hydrogens is 190 g/mol. The number of carbonyl (C=O) groups excluding carboxylic acids is 1. The van der Waals surface area contributed by atoms with Crippen LogP contribution in [0.2, 0.25) is 0 Å². The van der Waals surface area contributed by atoms with Gasteiger partial charge < -0.3 is 14.8 Å². The molecule has 0 aliphatic carbocycles. The van der Waals surface area contributed by atoms with Crippen LogP contribution in [0.25, 0.3) is 0 Å². The van der Waals surface area contributed by atoms with Gasteiger partial charge in [0, 0.05) is 18.9 Å². The van der Waals surface area contributed by atoms with E-state index in [4.69, 9.17) is 4.74 Å². The fourth-order valence-electron chi connectivity index (χ4n) is 2.23. The molecule has 1 N–H and O–H groups in total. The summed E-state index contributed by atoms with van der Waals surface area (Å²) in [5.74, 6) is 1.16. The van der Waals surface area contributed by atoms with Crippen molar-refractivity contribution in [3.63, 3.8) is 0 Å². The van der Waals surface area contributed by atoms with Gasteiger partial charge in [-0.25, -0.2) is 0 Å². The monoisotopic (exact) mass is 205 g/mol. The molecule has 0 bridgehead atoms. The molecule has 1 aromatic carbocycles. The van der Waals surface area contributed by atoms with E-state index in [0.717, 1.165) is 24.3 Å². The first-order valence-electron chi connectivity index (χ1n) is 5.13. The van der Waals surface area contributed by atoms with Gasteiger partial charge >= 0.3 is 0 Å². The van der Waals surface area contributed by atoms with Gasteiger partial charge in [0.25, 0.3) is 0 Å². The zero-order valence-electron chi connectivity index (χ0n) is 9.04. The van der Waals surface area contributed by atoms with E-state index in [-0.39, 0.29) is 0 Å². The molecule has 15 heavy (non-hydrogen) atoms. The largest absolute Gasteiger partial charge is 0.495 e. The molecule has 1 aromatic rings. The number of benzene rings is 1. The van der Waals surface area contributed by atoms with Crippen LogP contribution in [0.1, 0.15) is 23.5 Å². The first-order chi connectivity index (χ1) is 7.27. The molecule has 0 spiro atoms. The molecule has 0 amide bonds. The molecule has 0 saturated carbocycles. The Kier molecular flexibility index (Phi) is 2.62. The number of hydrogen-bond donors (Lipinski definition) is 1. The highest BCUT2D eigenvalue weighted by molar-refractivity contribution is 5.70. The summed E-state index contributed by atoms with van der Waals surface area (Å²) in [5, 5.41) is 3.31. The van der Waals surface area contributed by atoms with Crippen LogP contribution in [0.3, 0.4) is 0 Å². The van der Waals surface area contributed by atoms with Crippen LogP contribution in [0.5, 0.6) is 5.75 Å². The average Bonchev–Trinajstić information content (AvgIpc) is 2.64. The maximum absolute atomic E-state index is 10.6. The molecule has 1 aliphatic rings. The third kappa shape index (κ3) is 1.58. The summed E-state index contributed by atoms with van der Waals surface area (Å²) < 4.78 is 5.29. The maximum Gasteiger partial charge on any atom is 0.142 e. The van der Waals surface area contributed by atoms with Gasteiger partial charge in [-0.1, -0.05) is 6.07 Å². The third-order valence-corrected chi connectivity index (χ3v) is 2.96. The summed E-state index contributed by atoms with van der Waals surface area (Å²) in [6.07, 6.45) is 1.56. The van der Waals surface area contributed by atoms with Crippen molar-refractivity contribution < 1.29 is 9.53 Å². The maximum atomic E-state index is 10.6. The lowest BCUT2D eigenvalue weighted by molar-refractivity contribution is -0.108. The zero-order chi connectivity index (χ0) is 10.8. The van der Waals surface area contributed by atoms with Gasteiger partial charge in [-0.05, 0) is 24.1 Å². The number of anilines is 1. The van der Waals surface area contributed by atoms with Crippen molar-refractivity contribution in [3.05, 3.63) is 23.3 Å². The van der Waals surface area contributed by atoms with E-state index in [1.165, 1.54) is 11.1 Å². The summed E-state index contributed by atoms with van der Waals surface area (Å²) in [6, 6.07) is 4.01. The lowest BCUT2D eigenvalue weighted by atomic mass is 9.94. The molecule has 0 aromatic heterocycles. The van der Waals surface area contributed by atoms with E-state index in [2.05, 4.69) is 12.2 Å². The van der Waals surface area contributed by atoms with E-state index in [0.29, 0.717) is 12.3 Å². The van der Waals surface area contributed by atoms with E-state index in [9.17, 15) is 4.79 Å². The lowest BCUT2D eigenvalue weighted by Crippen LogP contribution is -2.02. The van der Waals surface area contributed by atoms with Crippen molar-refractivity contribution in [1.29, 1.82) is 0 Å². The van der Waals surface area contributed by atoms with Crippen LogP contribution in [0.4, 0.5) is 5.69 Å². The van der Waals surface area contributed by atoms with Crippen LogP contribution in [0.15, 0.2) is 12.1 Å². The second-order valence-corrected chi connectivity index (χ2v) is 3.85. The van der Waals surface area contributed by atoms with Gasteiger partial charge in [0.15, 0.2) is 0 Å². The number of fused-ring (bicyclic) bond motifs is 1. The fraction of sp³-hybridized carbons (Fsp3) is 0.417.